The molecule has 1 aliphatic heterocycles. The largest absolute Gasteiger partial charge is 0.416 e. The van der Waals surface area contributed by atoms with Crippen molar-refractivity contribution in [1.82, 2.24) is 15.0 Å². The highest BCUT2D eigenvalue weighted by molar-refractivity contribution is 7.89. The minimum atomic E-state index is -4.92. The molecule has 1 atom stereocenters. The van der Waals surface area contributed by atoms with E-state index in [1.54, 1.807) is 0 Å². The number of aromatic amines is 1. The number of anilines is 1. The first kappa shape index (κ1) is 26.6. The van der Waals surface area contributed by atoms with E-state index in [1.165, 1.54) is 12.5 Å². The Morgan fingerprint density at radius 1 is 1.13 bits per heavy atom. The van der Waals surface area contributed by atoms with Crippen LogP contribution >= 0.6 is 0 Å². The molecule has 0 saturated carbocycles. The summed E-state index contributed by atoms with van der Waals surface area (Å²) in [4.78, 5) is 23.6. The number of nitrogens with zero attached hydrogens (tertiary/aromatic N) is 2. The third-order valence-electron chi connectivity index (χ3n) is 6.21. The van der Waals surface area contributed by atoms with E-state index in [2.05, 4.69) is 20.3 Å². The maximum absolute atomic E-state index is 15.8. The zero-order valence-corrected chi connectivity index (χ0v) is 20.5. The van der Waals surface area contributed by atoms with E-state index in [0.29, 0.717) is 43.9 Å². The van der Waals surface area contributed by atoms with Gasteiger partial charge in [-0.2, -0.15) is 13.2 Å². The monoisotopic (exact) mass is 567 g/mol. The molecule has 15 heteroatoms. The molecular formula is C24H18F5N5O4S. The smallest absolute Gasteiger partial charge is 0.379 e. The van der Waals surface area contributed by atoms with E-state index >= 15 is 4.39 Å². The number of ketones is 1. The van der Waals surface area contributed by atoms with Crippen LogP contribution in [0.15, 0.2) is 47.8 Å². The summed E-state index contributed by atoms with van der Waals surface area (Å²) in [6.45, 7) is 0.873. The molecule has 1 fully saturated rings. The van der Waals surface area contributed by atoms with Crippen molar-refractivity contribution < 1.29 is 39.9 Å². The van der Waals surface area contributed by atoms with Gasteiger partial charge in [-0.25, -0.2) is 32.3 Å². The Labute approximate surface area is 217 Å². The molecule has 4 aromatic rings. The first-order chi connectivity index (χ1) is 18.4. The summed E-state index contributed by atoms with van der Waals surface area (Å²) in [7, 11) is -4.65. The number of sulfonamides is 1. The summed E-state index contributed by atoms with van der Waals surface area (Å²) >= 11 is 0. The van der Waals surface area contributed by atoms with Gasteiger partial charge < -0.3 is 15.0 Å². The average molecular weight is 567 g/mol. The van der Waals surface area contributed by atoms with Crippen molar-refractivity contribution in [2.45, 2.75) is 23.5 Å². The Hall–Kier alpha value is -3.95. The molecule has 1 aliphatic rings. The molecular weight excluding hydrogens is 549 g/mol. The number of benzene rings is 2. The number of aromatic nitrogens is 3. The Kier molecular flexibility index (Phi) is 6.60. The lowest BCUT2D eigenvalue weighted by Crippen LogP contribution is -2.20. The Balaban J connectivity index is 1.67. The van der Waals surface area contributed by atoms with Gasteiger partial charge >= 0.3 is 6.18 Å². The van der Waals surface area contributed by atoms with E-state index in [-0.39, 0.29) is 28.5 Å². The number of hydrogen-bond acceptors (Lipinski definition) is 7. The fraction of sp³-hybridized carbons (Fsp3) is 0.208. The number of nitrogens with one attached hydrogen (secondary N) is 2. The van der Waals surface area contributed by atoms with Crippen molar-refractivity contribution in [2.24, 2.45) is 5.14 Å². The minimum Gasteiger partial charge on any atom is -0.379 e. The maximum Gasteiger partial charge on any atom is 0.416 e. The van der Waals surface area contributed by atoms with Crippen molar-refractivity contribution in [2.75, 3.05) is 18.5 Å². The van der Waals surface area contributed by atoms with Crippen LogP contribution in [0.25, 0.3) is 22.2 Å². The molecule has 0 bridgehead atoms. The summed E-state index contributed by atoms with van der Waals surface area (Å²) in [5, 5.41) is 8.38. The molecule has 0 aliphatic carbocycles. The Morgan fingerprint density at radius 2 is 1.90 bits per heavy atom. The average Bonchev–Trinajstić information content (AvgIpc) is 3.53. The summed E-state index contributed by atoms with van der Waals surface area (Å²) in [6, 6.07) is 2.65. The van der Waals surface area contributed by atoms with E-state index < -0.39 is 60.8 Å². The van der Waals surface area contributed by atoms with E-state index in [9.17, 15) is 30.8 Å². The highest BCUT2D eigenvalue weighted by Gasteiger charge is 2.34. The van der Waals surface area contributed by atoms with Crippen LogP contribution in [0.2, 0.25) is 0 Å². The topological polar surface area (TPSA) is 140 Å². The molecule has 9 nitrogen and oxygen atoms in total. The predicted octanol–water partition coefficient (Wildman–Crippen LogP) is 4.00. The minimum absolute atomic E-state index is 0.128. The van der Waals surface area contributed by atoms with Gasteiger partial charge in [0.2, 0.25) is 15.8 Å². The number of halogens is 5. The number of ether oxygens (including phenoxy) is 1. The van der Waals surface area contributed by atoms with Crippen molar-refractivity contribution >= 4 is 32.7 Å². The summed E-state index contributed by atoms with van der Waals surface area (Å²) < 4.78 is 100. The van der Waals surface area contributed by atoms with Crippen molar-refractivity contribution in [1.29, 1.82) is 0 Å². The molecule has 4 N–H and O–H groups in total. The van der Waals surface area contributed by atoms with Crippen LogP contribution in [0.1, 0.15) is 27.9 Å². The van der Waals surface area contributed by atoms with Gasteiger partial charge in [-0.1, -0.05) is 0 Å². The third kappa shape index (κ3) is 4.95. The molecule has 5 rings (SSSR count). The lowest BCUT2D eigenvalue weighted by atomic mass is 9.95. The highest BCUT2D eigenvalue weighted by Crippen LogP contribution is 2.38. The Bertz CT molecular complexity index is 1720. The third-order valence-corrected chi connectivity index (χ3v) is 7.18. The number of nitrogens with two attached hydrogens (primary N) is 1. The van der Waals surface area contributed by atoms with Gasteiger partial charge in [-0.3, -0.25) is 4.79 Å². The number of H-pyrrole nitrogens is 1. The fourth-order valence-corrected chi connectivity index (χ4v) is 5.09. The van der Waals surface area contributed by atoms with Crippen LogP contribution in [0, 0.1) is 11.6 Å². The molecule has 1 unspecified atom stereocenters. The number of primary sulfonamides is 1. The van der Waals surface area contributed by atoms with E-state index in [0.717, 1.165) is 6.07 Å². The zero-order chi connectivity index (χ0) is 28.1. The molecule has 204 valence electrons. The van der Waals surface area contributed by atoms with Crippen molar-refractivity contribution in [3.05, 3.63) is 71.2 Å². The lowest BCUT2D eigenvalue weighted by molar-refractivity contribution is -0.137. The second kappa shape index (κ2) is 9.66. The van der Waals surface area contributed by atoms with E-state index in [4.69, 9.17) is 9.88 Å². The second-order valence-corrected chi connectivity index (χ2v) is 10.2. The van der Waals surface area contributed by atoms with Crippen LogP contribution in [0.5, 0.6) is 0 Å². The SMILES string of the molecule is NS(=O)(=O)c1ccc(C(F)(F)F)cc1-c1ccc(F)c(C(=O)c2c[nH]c3ncnc(NC4CCOC4)c23)c1F. The van der Waals surface area contributed by atoms with Crippen LogP contribution in [0.4, 0.5) is 27.8 Å². The fourth-order valence-electron chi connectivity index (χ4n) is 4.36. The van der Waals surface area contributed by atoms with Crippen molar-refractivity contribution in [3.8, 4) is 11.1 Å². The van der Waals surface area contributed by atoms with Gasteiger partial charge in [0, 0.05) is 23.9 Å². The molecule has 1 saturated heterocycles. The second-order valence-electron chi connectivity index (χ2n) is 8.72. The van der Waals surface area contributed by atoms with Crippen LogP contribution < -0.4 is 10.5 Å². The van der Waals surface area contributed by atoms with Gasteiger partial charge in [0.1, 0.15) is 29.4 Å². The Morgan fingerprint density at radius 3 is 2.56 bits per heavy atom. The van der Waals surface area contributed by atoms with Gasteiger partial charge in [0.05, 0.1) is 39.6 Å². The number of hydrogen-bond donors (Lipinski definition) is 3. The number of carbonyl (C=O) groups is 1. The number of alkyl halides is 3. The summed E-state index contributed by atoms with van der Waals surface area (Å²) in [5.74, 6) is -3.88. The zero-order valence-electron chi connectivity index (χ0n) is 19.6. The maximum atomic E-state index is 15.8. The van der Waals surface area contributed by atoms with Gasteiger partial charge in [0.15, 0.2) is 0 Å². The number of carbonyl (C=O) groups excluding carboxylic acids is 1. The van der Waals surface area contributed by atoms with Crippen LogP contribution in [-0.2, 0) is 20.9 Å². The normalized spacial score (nSPS) is 16.1. The summed E-state index contributed by atoms with van der Waals surface area (Å²) in [6.07, 6.45) is -1.88. The number of rotatable bonds is 6. The van der Waals surface area contributed by atoms with Crippen LogP contribution in [-0.4, -0.2) is 48.4 Å². The predicted molar refractivity (Wildman–Crippen MR) is 128 cm³/mol. The molecule has 2 aromatic carbocycles. The summed E-state index contributed by atoms with van der Waals surface area (Å²) in [5.41, 5.74) is -4.02. The van der Waals surface area contributed by atoms with Gasteiger partial charge in [-0.05, 0) is 36.8 Å². The van der Waals surface area contributed by atoms with Crippen molar-refractivity contribution in [3.63, 3.8) is 0 Å². The molecule has 0 amide bonds. The molecule has 39 heavy (non-hydrogen) atoms. The van der Waals surface area contributed by atoms with E-state index in [1.807, 2.05) is 0 Å². The molecule has 0 radical (unpaired) electrons. The molecule has 0 spiro atoms. The molecule has 2 aromatic heterocycles. The van der Waals surface area contributed by atoms with Gasteiger partial charge in [-0.15, -0.1) is 0 Å². The first-order valence-corrected chi connectivity index (χ1v) is 12.8. The quantitative estimate of drug-likeness (QED) is 0.236. The number of fused-ring (bicyclic) bond motifs is 1. The molecule has 3 heterocycles. The standard InChI is InChI=1S/C24H18F5N5O4S/c25-16-3-2-13(14-7-11(24(27,28)29)1-4-17(14)39(30,36)37)20(26)19(16)21(35)15-8-31-22-18(15)23(33-10-32-22)34-12-5-6-38-9-12/h1-4,7-8,10,12H,5-6,9H2,(H2,30,36,37)(H2,31,32,33,34). The first-order valence-electron chi connectivity index (χ1n) is 11.3. The van der Waals surface area contributed by atoms with Gasteiger partial charge in [0.25, 0.3) is 0 Å². The van der Waals surface area contributed by atoms with Crippen LogP contribution in [0.3, 0.4) is 0 Å². The lowest BCUT2D eigenvalue weighted by Gasteiger charge is -2.15. The highest BCUT2D eigenvalue weighted by atomic mass is 32.2.